The lowest BCUT2D eigenvalue weighted by Gasteiger charge is -2.28. The Hall–Kier alpha value is -1.06. The van der Waals surface area contributed by atoms with Gasteiger partial charge in [-0.2, -0.15) is 0 Å². The predicted molar refractivity (Wildman–Crippen MR) is 84.5 cm³/mol. The standard InChI is InChI=1S/C18H26N2O/c1-2-15(1)13-21-18-7-3-14(4-8-18)12-20(16-5-6-16)17-9-10-19-11-17/h3-4,7-8,15-17,19H,1-2,5-6,9-13H2. The summed E-state index contributed by atoms with van der Waals surface area (Å²) in [5, 5.41) is 3.50. The van der Waals surface area contributed by atoms with Crippen molar-refractivity contribution in [2.45, 2.75) is 50.7 Å². The summed E-state index contributed by atoms with van der Waals surface area (Å²) in [5.41, 5.74) is 1.42. The molecule has 0 aromatic heterocycles. The summed E-state index contributed by atoms with van der Waals surface area (Å²) in [7, 11) is 0. The van der Waals surface area contributed by atoms with Gasteiger partial charge in [-0.15, -0.1) is 0 Å². The van der Waals surface area contributed by atoms with Crippen molar-refractivity contribution in [3.8, 4) is 5.75 Å². The fourth-order valence-electron chi connectivity index (χ4n) is 3.29. The Kier molecular flexibility index (Phi) is 3.87. The average Bonchev–Trinajstić information content (AvgIpc) is 3.44. The molecule has 4 rings (SSSR count). The van der Waals surface area contributed by atoms with E-state index in [9.17, 15) is 0 Å². The topological polar surface area (TPSA) is 24.5 Å². The van der Waals surface area contributed by atoms with Crippen LogP contribution in [0.1, 0.15) is 37.7 Å². The second kappa shape index (κ2) is 5.98. The molecule has 3 nitrogen and oxygen atoms in total. The molecule has 1 heterocycles. The second-order valence-electron chi connectivity index (χ2n) is 6.95. The summed E-state index contributed by atoms with van der Waals surface area (Å²) < 4.78 is 5.83. The van der Waals surface area contributed by atoms with Crippen LogP contribution in [-0.2, 0) is 6.54 Å². The van der Waals surface area contributed by atoms with Crippen molar-refractivity contribution in [3.63, 3.8) is 0 Å². The predicted octanol–water partition coefficient (Wildman–Crippen LogP) is 2.80. The van der Waals surface area contributed by atoms with Crippen LogP contribution in [0.4, 0.5) is 0 Å². The molecule has 0 spiro atoms. The fourth-order valence-corrected chi connectivity index (χ4v) is 3.29. The zero-order valence-electron chi connectivity index (χ0n) is 12.8. The van der Waals surface area contributed by atoms with E-state index in [-0.39, 0.29) is 0 Å². The van der Waals surface area contributed by atoms with E-state index in [0.29, 0.717) is 0 Å². The molecule has 114 valence electrons. The van der Waals surface area contributed by atoms with Crippen molar-refractivity contribution in [1.82, 2.24) is 10.2 Å². The third kappa shape index (κ3) is 3.58. The lowest BCUT2D eigenvalue weighted by Crippen LogP contribution is -2.38. The van der Waals surface area contributed by atoms with Crippen molar-refractivity contribution in [2.24, 2.45) is 5.92 Å². The van der Waals surface area contributed by atoms with Crippen LogP contribution >= 0.6 is 0 Å². The molecule has 0 amide bonds. The van der Waals surface area contributed by atoms with Gasteiger partial charge in [0.2, 0.25) is 0 Å². The number of hydrogen-bond donors (Lipinski definition) is 1. The highest BCUT2D eigenvalue weighted by atomic mass is 16.5. The molecule has 1 atom stereocenters. The van der Waals surface area contributed by atoms with Crippen LogP contribution in [0.5, 0.6) is 5.75 Å². The average molecular weight is 286 g/mol. The molecule has 21 heavy (non-hydrogen) atoms. The Balaban J connectivity index is 1.35. The molecular formula is C18H26N2O. The molecule has 1 aromatic carbocycles. The molecular weight excluding hydrogens is 260 g/mol. The molecule has 1 aromatic rings. The maximum Gasteiger partial charge on any atom is 0.119 e. The van der Waals surface area contributed by atoms with Gasteiger partial charge in [-0.3, -0.25) is 4.90 Å². The van der Waals surface area contributed by atoms with Gasteiger partial charge in [0.25, 0.3) is 0 Å². The van der Waals surface area contributed by atoms with E-state index in [1.807, 2.05) is 0 Å². The largest absolute Gasteiger partial charge is 0.493 e. The fraction of sp³-hybridized carbons (Fsp3) is 0.667. The summed E-state index contributed by atoms with van der Waals surface area (Å²) in [6.45, 7) is 4.35. The number of benzene rings is 1. The number of rotatable bonds is 7. The minimum atomic E-state index is 0.739. The Morgan fingerprint density at radius 2 is 1.81 bits per heavy atom. The Morgan fingerprint density at radius 3 is 2.43 bits per heavy atom. The highest BCUT2D eigenvalue weighted by Crippen LogP contribution is 2.32. The van der Waals surface area contributed by atoms with Crippen LogP contribution in [-0.4, -0.2) is 36.7 Å². The van der Waals surface area contributed by atoms with Gasteiger partial charge >= 0.3 is 0 Å². The number of nitrogens with zero attached hydrogens (tertiary/aromatic N) is 1. The van der Waals surface area contributed by atoms with E-state index in [1.54, 1.807) is 0 Å². The summed E-state index contributed by atoms with van der Waals surface area (Å²) in [4.78, 5) is 2.72. The summed E-state index contributed by atoms with van der Waals surface area (Å²) in [5.74, 6) is 1.86. The molecule has 1 saturated heterocycles. The van der Waals surface area contributed by atoms with Gasteiger partial charge in [0.1, 0.15) is 5.75 Å². The zero-order chi connectivity index (χ0) is 14.1. The number of nitrogens with one attached hydrogen (secondary N) is 1. The lowest BCUT2D eigenvalue weighted by atomic mass is 10.1. The Morgan fingerprint density at radius 1 is 1.00 bits per heavy atom. The van der Waals surface area contributed by atoms with E-state index in [2.05, 4.69) is 34.5 Å². The first-order chi connectivity index (χ1) is 10.4. The van der Waals surface area contributed by atoms with E-state index < -0.39 is 0 Å². The minimum Gasteiger partial charge on any atom is -0.493 e. The molecule has 0 radical (unpaired) electrons. The molecule has 2 aliphatic carbocycles. The SMILES string of the molecule is c1cc(OCC2CC2)ccc1CN(C1CC1)C1CCNC1. The van der Waals surface area contributed by atoms with E-state index in [4.69, 9.17) is 4.74 Å². The van der Waals surface area contributed by atoms with Crippen LogP contribution in [0.3, 0.4) is 0 Å². The van der Waals surface area contributed by atoms with Crippen LogP contribution < -0.4 is 10.1 Å². The molecule has 3 fully saturated rings. The first-order valence-corrected chi connectivity index (χ1v) is 8.57. The van der Waals surface area contributed by atoms with Crippen LogP contribution in [0.25, 0.3) is 0 Å². The first-order valence-electron chi connectivity index (χ1n) is 8.57. The molecule has 2 saturated carbocycles. The summed E-state index contributed by atoms with van der Waals surface area (Å²) >= 11 is 0. The van der Waals surface area contributed by atoms with Crippen molar-refractivity contribution in [3.05, 3.63) is 29.8 Å². The van der Waals surface area contributed by atoms with Gasteiger partial charge < -0.3 is 10.1 Å². The summed E-state index contributed by atoms with van der Waals surface area (Å²) in [6, 6.07) is 10.4. The summed E-state index contributed by atoms with van der Waals surface area (Å²) in [6.07, 6.45) is 6.78. The van der Waals surface area contributed by atoms with Gasteiger partial charge in [-0.25, -0.2) is 0 Å². The maximum absolute atomic E-state index is 5.83. The van der Waals surface area contributed by atoms with Crippen molar-refractivity contribution in [2.75, 3.05) is 19.7 Å². The van der Waals surface area contributed by atoms with Gasteiger partial charge in [-0.1, -0.05) is 12.1 Å². The third-order valence-electron chi connectivity index (χ3n) is 4.99. The van der Waals surface area contributed by atoms with Gasteiger partial charge in [0, 0.05) is 25.2 Å². The molecule has 3 heteroatoms. The highest BCUT2D eigenvalue weighted by Gasteiger charge is 2.34. The highest BCUT2D eigenvalue weighted by molar-refractivity contribution is 5.27. The van der Waals surface area contributed by atoms with E-state index >= 15 is 0 Å². The Labute approximate surface area is 127 Å². The quantitative estimate of drug-likeness (QED) is 0.834. The minimum absolute atomic E-state index is 0.739. The van der Waals surface area contributed by atoms with Gasteiger partial charge in [0.05, 0.1) is 6.61 Å². The smallest absolute Gasteiger partial charge is 0.119 e. The normalized spacial score (nSPS) is 25.5. The van der Waals surface area contributed by atoms with Gasteiger partial charge in [-0.05, 0) is 62.3 Å². The van der Waals surface area contributed by atoms with Crippen molar-refractivity contribution < 1.29 is 4.74 Å². The first kappa shape index (κ1) is 13.6. The zero-order valence-corrected chi connectivity index (χ0v) is 12.8. The van der Waals surface area contributed by atoms with Crippen LogP contribution in [0.15, 0.2) is 24.3 Å². The van der Waals surface area contributed by atoms with Crippen LogP contribution in [0.2, 0.25) is 0 Å². The Bertz CT molecular complexity index is 459. The lowest BCUT2D eigenvalue weighted by molar-refractivity contribution is 0.188. The van der Waals surface area contributed by atoms with Gasteiger partial charge in [0.15, 0.2) is 0 Å². The maximum atomic E-state index is 5.83. The van der Waals surface area contributed by atoms with Crippen molar-refractivity contribution in [1.29, 1.82) is 0 Å². The van der Waals surface area contributed by atoms with E-state index in [1.165, 1.54) is 50.8 Å². The second-order valence-corrected chi connectivity index (χ2v) is 6.95. The van der Waals surface area contributed by atoms with E-state index in [0.717, 1.165) is 36.9 Å². The monoisotopic (exact) mass is 286 g/mol. The molecule has 0 bridgehead atoms. The molecule has 3 aliphatic rings. The number of ether oxygens (including phenoxy) is 1. The van der Waals surface area contributed by atoms with Crippen molar-refractivity contribution >= 4 is 0 Å². The third-order valence-corrected chi connectivity index (χ3v) is 4.99. The number of hydrogen-bond acceptors (Lipinski definition) is 3. The van der Waals surface area contributed by atoms with Crippen LogP contribution in [0, 0.1) is 5.92 Å². The molecule has 1 unspecified atom stereocenters. The molecule has 1 aliphatic heterocycles. The molecule has 1 N–H and O–H groups in total.